The van der Waals surface area contributed by atoms with Crippen molar-refractivity contribution < 1.29 is 0 Å². The largest absolute Gasteiger partial charge is 0.293 e. The van der Waals surface area contributed by atoms with Gasteiger partial charge >= 0.3 is 0 Å². The van der Waals surface area contributed by atoms with Crippen LogP contribution in [0.25, 0.3) is 11.0 Å². The fourth-order valence-corrected chi connectivity index (χ4v) is 1.56. The van der Waals surface area contributed by atoms with Crippen molar-refractivity contribution in [1.82, 2.24) is 9.55 Å². The number of rotatable bonds is 2. The van der Waals surface area contributed by atoms with Crippen LogP contribution in [0.4, 0.5) is 0 Å². The van der Waals surface area contributed by atoms with Crippen molar-refractivity contribution in [3.8, 4) is 0 Å². The second-order valence-electron chi connectivity index (χ2n) is 3.24. The molecule has 0 amide bonds. The van der Waals surface area contributed by atoms with Crippen LogP contribution in [0.5, 0.6) is 0 Å². The summed E-state index contributed by atoms with van der Waals surface area (Å²) < 4.78 is 1.72. The van der Waals surface area contributed by atoms with Crippen LogP contribution in [0.1, 0.15) is 13.3 Å². The van der Waals surface area contributed by atoms with Crippen molar-refractivity contribution >= 4 is 11.0 Å². The third-order valence-corrected chi connectivity index (χ3v) is 2.19. The van der Waals surface area contributed by atoms with Gasteiger partial charge in [0.1, 0.15) is 5.65 Å². The summed E-state index contributed by atoms with van der Waals surface area (Å²) in [6, 6.07) is 7.26. The van der Waals surface area contributed by atoms with Gasteiger partial charge in [-0.2, -0.15) is 0 Å². The molecule has 0 spiro atoms. The van der Waals surface area contributed by atoms with Gasteiger partial charge in [-0.1, -0.05) is 6.92 Å². The van der Waals surface area contributed by atoms with Crippen LogP contribution in [0.2, 0.25) is 0 Å². The molecule has 3 nitrogen and oxygen atoms in total. The summed E-state index contributed by atoms with van der Waals surface area (Å²) in [5.41, 5.74) is 0.805. The molecule has 0 aliphatic carbocycles. The quantitative estimate of drug-likeness (QED) is 0.720. The molecule has 0 aliphatic heterocycles. The Labute approximate surface area is 82.0 Å². The fourth-order valence-electron chi connectivity index (χ4n) is 1.56. The molecule has 72 valence electrons. The highest BCUT2D eigenvalue weighted by molar-refractivity contribution is 5.74. The van der Waals surface area contributed by atoms with Gasteiger partial charge in [0.15, 0.2) is 0 Å². The third kappa shape index (κ3) is 1.41. The molecule has 0 saturated heterocycles. The molecule has 0 N–H and O–H groups in total. The van der Waals surface area contributed by atoms with E-state index in [1.807, 2.05) is 25.1 Å². The molecule has 3 heteroatoms. The van der Waals surface area contributed by atoms with Crippen molar-refractivity contribution in [2.45, 2.75) is 19.9 Å². The number of hydrogen-bond acceptors (Lipinski definition) is 2. The third-order valence-electron chi connectivity index (χ3n) is 2.19. The second-order valence-corrected chi connectivity index (χ2v) is 3.24. The summed E-state index contributed by atoms with van der Waals surface area (Å²) in [4.78, 5) is 15.8. The lowest BCUT2D eigenvalue weighted by Gasteiger charge is -2.06. The Hall–Kier alpha value is -1.64. The Morgan fingerprint density at radius 3 is 3.00 bits per heavy atom. The van der Waals surface area contributed by atoms with Crippen LogP contribution in [-0.2, 0) is 6.54 Å². The minimum absolute atomic E-state index is 0.0260. The summed E-state index contributed by atoms with van der Waals surface area (Å²) in [7, 11) is 0. The van der Waals surface area contributed by atoms with Gasteiger partial charge in [-0.15, -0.1) is 0 Å². The van der Waals surface area contributed by atoms with E-state index >= 15 is 0 Å². The fraction of sp³-hybridized carbons (Fsp3) is 0.273. The van der Waals surface area contributed by atoms with E-state index in [4.69, 9.17) is 0 Å². The van der Waals surface area contributed by atoms with Crippen LogP contribution in [-0.4, -0.2) is 9.55 Å². The smallest absolute Gasteiger partial charge is 0.252 e. The summed E-state index contributed by atoms with van der Waals surface area (Å²) >= 11 is 0. The highest BCUT2D eigenvalue weighted by Gasteiger charge is 2.01. The van der Waals surface area contributed by atoms with Crippen molar-refractivity contribution in [1.29, 1.82) is 0 Å². The van der Waals surface area contributed by atoms with Crippen LogP contribution in [0.15, 0.2) is 35.3 Å². The average Bonchev–Trinajstić information content (AvgIpc) is 2.23. The zero-order valence-electron chi connectivity index (χ0n) is 8.10. The van der Waals surface area contributed by atoms with Crippen molar-refractivity contribution in [3.05, 3.63) is 40.8 Å². The zero-order chi connectivity index (χ0) is 9.97. The molecular weight excluding hydrogens is 176 g/mol. The first-order valence-corrected chi connectivity index (χ1v) is 4.77. The van der Waals surface area contributed by atoms with E-state index in [1.54, 1.807) is 16.8 Å². The summed E-state index contributed by atoms with van der Waals surface area (Å²) in [6.45, 7) is 2.78. The molecular formula is C11H12N2O. The molecule has 0 unspecified atom stereocenters. The normalized spacial score (nSPS) is 10.6. The minimum Gasteiger partial charge on any atom is -0.293 e. The van der Waals surface area contributed by atoms with E-state index in [1.165, 1.54) is 0 Å². The van der Waals surface area contributed by atoms with Crippen molar-refractivity contribution in [2.24, 2.45) is 0 Å². The molecule has 0 fully saturated rings. The first kappa shape index (κ1) is 8.94. The number of aromatic nitrogens is 2. The minimum atomic E-state index is 0.0260. The lowest BCUT2D eigenvalue weighted by Crippen LogP contribution is -2.19. The monoisotopic (exact) mass is 188 g/mol. The molecule has 0 bridgehead atoms. The number of nitrogens with zero attached hydrogens (tertiary/aromatic N) is 2. The Bertz CT molecular complexity index is 502. The molecule has 2 heterocycles. The Morgan fingerprint density at radius 2 is 2.21 bits per heavy atom. The molecule has 0 aromatic carbocycles. The van der Waals surface area contributed by atoms with Gasteiger partial charge in [0.25, 0.3) is 5.56 Å². The average molecular weight is 188 g/mol. The van der Waals surface area contributed by atoms with Gasteiger partial charge < -0.3 is 0 Å². The summed E-state index contributed by atoms with van der Waals surface area (Å²) in [5.74, 6) is 0. The van der Waals surface area contributed by atoms with E-state index in [2.05, 4.69) is 4.98 Å². The maximum absolute atomic E-state index is 11.5. The van der Waals surface area contributed by atoms with E-state index in [-0.39, 0.29) is 5.56 Å². The van der Waals surface area contributed by atoms with Gasteiger partial charge in [0, 0.05) is 24.2 Å². The standard InChI is InChI=1S/C11H12N2O/c1-2-8-13-10(14)6-5-9-4-3-7-12-11(9)13/h3-7H,2,8H2,1H3. The molecule has 14 heavy (non-hydrogen) atoms. The Morgan fingerprint density at radius 1 is 1.36 bits per heavy atom. The lowest BCUT2D eigenvalue weighted by molar-refractivity contribution is 0.672. The zero-order valence-corrected chi connectivity index (χ0v) is 8.10. The predicted octanol–water partition coefficient (Wildman–Crippen LogP) is 1.81. The molecule has 0 aliphatic rings. The molecule has 2 aromatic rings. The van der Waals surface area contributed by atoms with Gasteiger partial charge in [-0.05, 0) is 24.6 Å². The predicted molar refractivity (Wildman–Crippen MR) is 56.3 cm³/mol. The highest BCUT2D eigenvalue weighted by Crippen LogP contribution is 2.07. The number of fused-ring (bicyclic) bond motifs is 1. The van der Waals surface area contributed by atoms with Crippen LogP contribution < -0.4 is 5.56 Å². The van der Waals surface area contributed by atoms with Crippen molar-refractivity contribution in [2.75, 3.05) is 0 Å². The molecule has 0 atom stereocenters. The maximum atomic E-state index is 11.5. The molecule has 0 radical (unpaired) electrons. The van der Waals surface area contributed by atoms with Crippen molar-refractivity contribution in [3.63, 3.8) is 0 Å². The van der Waals surface area contributed by atoms with Crippen LogP contribution in [0, 0.1) is 0 Å². The van der Waals surface area contributed by atoms with E-state index in [0.29, 0.717) is 0 Å². The highest BCUT2D eigenvalue weighted by atomic mass is 16.1. The molecule has 2 aromatic heterocycles. The first-order valence-electron chi connectivity index (χ1n) is 4.77. The summed E-state index contributed by atoms with van der Waals surface area (Å²) in [5, 5.41) is 1.01. The summed E-state index contributed by atoms with van der Waals surface area (Å²) in [6.07, 6.45) is 2.66. The number of aryl methyl sites for hydroxylation is 1. The van der Waals surface area contributed by atoms with E-state index in [0.717, 1.165) is 24.0 Å². The Balaban J connectivity index is 2.76. The maximum Gasteiger partial charge on any atom is 0.252 e. The van der Waals surface area contributed by atoms with Gasteiger partial charge in [0.2, 0.25) is 0 Å². The molecule has 2 rings (SSSR count). The second kappa shape index (κ2) is 3.62. The Kier molecular flexibility index (Phi) is 2.31. The van der Waals surface area contributed by atoms with Crippen LogP contribution in [0.3, 0.4) is 0 Å². The van der Waals surface area contributed by atoms with E-state index in [9.17, 15) is 4.79 Å². The van der Waals surface area contributed by atoms with Gasteiger partial charge in [-0.25, -0.2) is 4.98 Å². The molecule has 0 saturated carbocycles. The van der Waals surface area contributed by atoms with Gasteiger partial charge in [-0.3, -0.25) is 9.36 Å². The number of hydrogen-bond donors (Lipinski definition) is 0. The van der Waals surface area contributed by atoms with Crippen LogP contribution >= 0.6 is 0 Å². The number of pyridine rings is 2. The van der Waals surface area contributed by atoms with E-state index < -0.39 is 0 Å². The first-order chi connectivity index (χ1) is 6.83. The lowest BCUT2D eigenvalue weighted by atomic mass is 10.3. The topological polar surface area (TPSA) is 34.9 Å². The van der Waals surface area contributed by atoms with Gasteiger partial charge in [0.05, 0.1) is 0 Å². The SMILES string of the molecule is CCCn1c(=O)ccc2cccnc21.